The number of hydrogen-bond donors (Lipinski definition) is 0. The number of aromatic nitrogens is 1. The molecule has 0 fully saturated rings. The summed E-state index contributed by atoms with van der Waals surface area (Å²) in [4.78, 5) is 14.7. The fraction of sp³-hybridized carbons (Fsp3) is 0.154. The fourth-order valence-corrected chi connectivity index (χ4v) is 1.72. The summed E-state index contributed by atoms with van der Waals surface area (Å²) in [5, 5.41) is 11.4. The highest BCUT2D eigenvalue weighted by Gasteiger charge is 2.13. The van der Waals surface area contributed by atoms with Gasteiger partial charge in [-0.3, -0.25) is 15.1 Å². The molecular weight excluding hydrogens is 252 g/mol. The van der Waals surface area contributed by atoms with E-state index in [9.17, 15) is 10.1 Å². The molecule has 0 bridgehead atoms. The molecule has 0 amide bonds. The van der Waals surface area contributed by atoms with Crippen LogP contribution in [0.5, 0.6) is 0 Å². The summed E-state index contributed by atoms with van der Waals surface area (Å²) in [7, 11) is 0. The minimum Gasteiger partial charge on any atom is -0.258 e. The molecule has 1 aromatic carbocycles. The second kappa shape index (κ2) is 5.48. The van der Waals surface area contributed by atoms with Crippen LogP contribution in [0.4, 0.5) is 5.69 Å². The van der Waals surface area contributed by atoms with Crippen LogP contribution in [-0.4, -0.2) is 15.8 Å². The lowest BCUT2D eigenvalue weighted by Gasteiger charge is -2.00. The first-order valence-electron chi connectivity index (χ1n) is 5.31. The summed E-state index contributed by atoms with van der Waals surface area (Å²) in [6.45, 7) is 0. The van der Waals surface area contributed by atoms with E-state index in [0.717, 1.165) is 0 Å². The van der Waals surface area contributed by atoms with Gasteiger partial charge in [0.25, 0.3) is 5.69 Å². The summed E-state index contributed by atoms with van der Waals surface area (Å²) in [6, 6.07) is 6.42. The van der Waals surface area contributed by atoms with Crippen molar-refractivity contribution in [3.63, 3.8) is 0 Å². The molecular formula is C13H9ClN2O2. The predicted molar refractivity (Wildman–Crippen MR) is 70.6 cm³/mol. The Morgan fingerprint density at radius 3 is 2.94 bits per heavy atom. The normalized spacial score (nSPS) is 9.83. The van der Waals surface area contributed by atoms with E-state index in [0.29, 0.717) is 28.8 Å². The first-order chi connectivity index (χ1) is 8.74. The van der Waals surface area contributed by atoms with Crippen LogP contribution in [0.1, 0.15) is 12.0 Å². The molecule has 1 heterocycles. The lowest BCUT2D eigenvalue weighted by molar-refractivity contribution is -0.383. The number of nitro groups is 1. The maximum absolute atomic E-state index is 10.9. The molecule has 0 aliphatic rings. The molecule has 0 atom stereocenters. The van der Waals surface area contributed by atoms with Gasteiger partial charge in [0.15, 0.2) is 0 Å². The highest BCUT2D eigenvalue weighted by Crippen LogP contribution is 2.26. The number of rotatable bonds is 2. The zero-order valence-corrected chi connectivity index (χ0v) is 10.1. The Labute approximate surface area is 109 Å². The predicted octanol–water partition coefficient (Wildman–Crippen LogP) is 3.12. The number of hydrogen-bond acceptors (Lipinski definition) is 3. The first kappa shape index (κ1) is 12.3. The van der Waals surface area contributed by atoms with Crippen LogP contribution >= 0.6 is 11.6 Å². The molecule has 18 heavy (non-hydrogen) atoms. The van der Waals surface area contributed by atoms with Crippen molar-refractivity contribution in [1.29, 1.82) is 0 Å². The second-order valence-electron chi connectivity index (χ2n) is 3.53. The van der Waals surface area contributed by atoms with Gasteiger partial charge in [-0.25, -0.2) is 0 Å². The summed E-state index contributed by atoms with van der Waals surface area (Å²) >= 11 is 5.55. The third kappa shape index (κ3) is 2.41. The number of non-ortho nitro benzene ring substituents is 1. The van der Waals surface area contributed by atoms with Crippen molar-refractivity contribution in [2.24, 2.45) is 0 Å². The minimum atomic E-state index is -0.417. The average molecular weight is 261 g/mol. The van der Waals surface area contributed by atoms with Gasteiger partial charge in [0.05, 0.1) is 21.4 Å². The van der Waals surface area contributed by atoms with Crippen LogP contribution in [0.15, 0.2) is 30.5 Å². The third-order valence-electron chi connectivity index (χ3n) is 2.39. The maximum Gasteiger partial charge on any atom is 0.278 e. The zero-order valence-electron chi connectivity index (χ0n) is 9.39. The molecule has 0 N–H and O–H groups in total. The number of nitrogens with zero attached hydrogens (tertiary/aromatic N) is 2. The van der Waals surface area contributed by atoms with E-state index in [1.165, 1.54) is 6.07 Å². The third-order valence-corrected chi connectivity index (χ3v) is 2.57. The topological polar surface area (TPSA) is 56.0 Å². The van der Waals surface area contributed by atoms with Gasteiger partial charge in [-0.1, -0.05) is 11.8 Å². The first-order valence-corrected chi connectivity index (χ1v) is 5.84. The van der Waals surface area contributed by atoms with Gasteiger partial charge in [0.1, 0.15) is 0 Å². The molecule has 0 spiro atoms. The van der Waals surface area contributed by atoms with E-state index in [1.807, 2.05) is 0 Å². The molecule has 0 saturated carbocycles. The van der Waals surface area contributed by atoms with Crippen molar-refractivity contribution in [2.45, 2.75) is 6.42 Å². The van der Waals surface area contributed by atoms with E-state index in [4.69, 9.17) is 11.6 Å². The van der Waals surface area contributed by atoms with Crippen molar-refractivity contribution in [1.82, 2.24) is 4.98 Å². The molecule has 0 radical (unpaired) electrons. The molecule has 2 rings (SSSR count). The molecule has 0 unspecified atom stereocenters. The second-order valence-corrected chi connectivity index (χ2v) is 3.91. The van der Waals surface area contributed by atoms with Gasteiger partial charge in [-0.2, -0.15) is 0 Å². The van der Waals surface area contributed by atoms with Gasteiger partial charge in [0.2, 0.25) is 0 Å². The van der Waals surface area contributed by atoms with Gasteiger partial charge >= 0.3 is 0 Å². The van der Waals surface area contributed by atoms with Crippen molar-refractivity contribution >= 4 is 28.2 Å². The van der Waals surface area contributed by atoms with Crippen molar-refractivity contribution in [2.75, 3.05) is 5.88 Å². The lowest BCUT2D eigenvalue weighted by atomic mass is 10.1. The van der Waals surface area contributed by atoms with E-state index in [-0.39, 0.29) is 5.69 Å². The van der Waals surface area contributed by atoms with Gasteiger partial charge in [-0.15, -0.1) is 11.6 Å². The van der Waals surface area contributed by atoms with E-state index < -0.39 is 4.92 Å². The Morgan fingerprint density at radius 2 is 2.22 bits per heavy atom. The van der Waals surface area contributed by atoms with Crippen molar-refractivity contribution in [3.8, 4) is 11.8 Å². The fourth-order valence-electron chi connectivity index (χ4n) is 1.62. The zero-order chi connectivity index (χ0) is 13.0. The maximum atomic E-state index is 10.9. The highest BCUT2D eigenvalue weighted by molar-refractivity contribution is 6.18. The van der Waals surface area contributed by atoms with E-state index >= 15 is 0 Å². The van der Waals surface area contributed by atoms with Gasteiger partial charge in [0, 0.05) is 24.6 Å². The Kier molecular flexibility index (Phi) is 3.75. The number of nitro benzene ring substituents is 1. The lowest BCUT2D eigenvalue weighted by Crippen LogP contribution is -1.92. The summed E-state index contributed by atoms with van der Waals surface area (Å²) in [5.41, 5.74) is 1.27. The largest absolute Gasteiger partial charge is 0.278 e. The number of halogens is 1. The SMILES string of the molecule is O=[N+]([O-])c1ccc(C#CCCCl)c2ncccc12. The molecule has 2 aromatic rings. The monoisotopic (exact) mass is 260 g/mol. The molecule has 1 aromatic heterocycles. The Balaban J connectivity index is 2.62. The van der Waals surface area contributed by atoms with Crippen LogP contribution in [0.2, 0.25) is 0 Å². The summed E-state index contributed by atoms with van der Waals surface area (Å²) in [5.74, 6) is 6.30. The summed E-state index contributed by atoms with van der Waals surface area (Å²) < 4.78 is 0. The van der Waals surface area contributed by atoms with Gasteiger partial charge < -0.3 is 0 Å². The molecule has 0 saturated heterocycles. The van der Waals surface area contributed by atoms with Crippen LogP contribution in [-0.2, 0) is 0 Å². The van der Waals surface area contributed by atoms with Crippen LogP contribution in [0.25, 0.3) is 10.9 Å². The minimum absolute atomic E-state index is 0.0426. The van der Waals surface area contributed by atoms with Crippen molar-refractivity contribution < 1.29 is 4.92 Å². The van der Waals surface area contributed by atoms with Crippen LogP contribution in [0.3, 0.4) is 0 Å². The van der Waals surface area contributed by atoms with Gasteiger partial charge in [-0.05, 0) is 18.2 Å². The number of benzene rings is 1. The van der Waals surface area contributed by atoms with E-state index in [1.54, 1.807) is 24.4 Å². The molecule has 5 heteroatoms. The quantitative estimate of drug-likeness (QED) is 0.361. The van der Waals surface area contributed by atoms with E-state index in [2.05, 4.69) is 16.8 Å². The Morgan fingerprint density at radius 1 is 1.39 bits per heavy atom. The molecule has 0 aliphatic heterocycles. The number of alkyl halides is 1. The number of pyridine rings is 1. The van der Waals surface area contributed by atoms with Crippen molar-refractivity contribution in [3.05, 3.63) is 46.1 Å². The Bertz CT molecular complexity index is 659. The average Bonchev–Trinajstić information content (AvgIpc) is 2.38. The van der Waals surface area contributed by atoms with Crippen LogP contribution < -0.4 is 0 Å². The summed E-state index contributed by atoms with van der Waals surface area (Å²) in [6.07, 6.45) is 2.17. The number of fused-ring (bicyclic) bond motifs is 1. The highest BCUT2D eigenvalue weighted by atomic mass is 35.5. The standard InChI is InChI=1S/C13H9ClN2O2/c14-8-2-1-4-10-6-7-12(16(17)18)11-5-3-9-15-13(10)11/h3,5-7,9H,2,8H2. The van der Waals surface area contributed by atoms with Crippen LogP contribution in [0, 0.1) is 22.0 Å². The molecule has 90 valence electrons. The molecule has 4 nitrogen and oxygen atoms in total. The molecule has 0 aliphatic carbocycles. The Hall–Kier alpha value is -2.12. The smallest absolute Gasteiger partial charge is 0.258 e.